The lowest BCUT2D eigenvalue weighted by molar-refractivity contribution is -0.227. The lowest BCUT2D eigenvalue weighted by Crippen LogP contribution is -2.48. The number of carbonyl (C=O) groups is 2. The van der Waals surface area contributed by atoms with Crippen molar-refractivity contribution in [2.75, 3.05) is 13.2 Å². The van der Waals surface area contributed by atoms with E-state index in [4.69, 9.17) is 10.2 Å². The number of carboxylic acid groups (broad SMARTS) is 1. The smallest absolute Gasteiger partial charge is 0.372 e. The maximum atomic E-state index is 14.4. The van der Waals surface area contributed by atoms with E-state index in [0.29, 0.717) is 25.7 Å². The van der Waals surface area contributed by atoms with E-state index in [1.165, 1.54) is 19.3 Å². The second kappa shape index (κ2) is 13.3. The van der Waals surface area contributed by atoms with Crippen LogP contribution in [0.25, 0.3) is 0 Å². The van der Waals surface area contributed by atoms with Crippen molar-refractivity contribution in [3.63, 3.8) is 0 Å². The van der Waals surface area contributed by atoms with Crippen LogP contribution in [0.15, 0.2) is 12.2 Å². The van der Waals surface area contributed by atoms with Gasteiger partial charge in [-0.2, -0.15) is 4.39 Å². The Hall–Kier alpha value is -1.31. The highest BCUT2D eigenvalue weighted by atomic mass is 19.2. The fourth-order valence-corrected chi connectivity index (χ4v) is 4.24. The number of carbonyl (C=O) groups excluding carboxylic acids is 1. The Labute approximate surface area is 185 Å². The summed E-state index contributed by atoms with van der Waals surface area (Å²) >= 11 is 0. The number of alkyl halides is 1. The molecule has 1 aliphatic carbocycles. The number of halogens is 1. The molecule has 3 N–H and O–H groups in total. The van der Waals surface area contributed by atoms with Crippen LogP contribution in [0.2, 0.25) is 0 Å². The average Bonchev–Trinajstić information content (AvgIpc) is 3.06. The monoisotopic (exact) mass is 444 g/mol. The summed E-state index contributed by atoms with van der Waals surface area (Å²) in [4.78, 5) is 23.4. The Balaban J connectivity index is 2.51. The highest BCUT2D eigenvalue weighted by Crippen LogP contribution is 2.35. The summed E-state index contributed by atoms with van der Waals surface area (Å²) < 4.78 is 18.9. The molecule has 0 aromatic heterocycles. The number of ketones is 1. The first kappa shape index (κ1) is 27.7. The Bertz CT molecular complexity index is 591. The topological polar surface area (TPSA) is 104 Å². The Morgan fingerprint density at radius 3 is 2.65 bits per heavy atom. The number of hydrogen-bond donors (Lipinski definition) is 3. The minimum absolute atomic E-state index is 0.0626. The molecular formula is C24H41FO6. The van der Waals surface area contributed by atoms with Crippen molar-refractivity contribution in [2.24, 2.45) is 17.3 Å². The molecule has 7 heteroatoms. The molecule has 4 atom stereocenters. The fourth-order valence-electron chi connectivity index (χ4n) is 4.24. The quantitative estimate of drug-likeness (QED) is 0.240. The highest BCUT2D eigenvalue weighted by molar-refractivity contribution is 5.83. The third-order valence-electron chi connectivity index (χ3n) is 6.28. The van der Waals surface area contributed by atoms with E-state index in [2.05, 4.69) is 37.7 Å². The van der Waals surface area contributed by atoms with Crippen LogP contribution in [-0.4, -0.2) is 52.2 Å². The molecule has 1 saturated carbocycles. The van der Waals surface area contributed by atoms with Gasteiger partial charge in [-0.05, 0) is 43.4 Å². The van der Waals surface area contributed by atoms with E-state index in [0.717, 1.165) is 12.8 Å². The van der Waals surface area contributed by atoms with Crippen LogP contribution in [0.4, 0.5) is 4.39 Å². The molecular weight excluding hydrogens is 403 g/mol. The van der Waals surface area contributed by atoms with Gasteiger partial charge in [0.15, 0.2) is 0 Å². The number of aliphatic carboxylic acids is 1. The van der Waals surface area contributed by atoms with E-state index >= 15 is 0 Å². The van der Waals surface area contributed by atoms with Crippen LogP contribution in [0, 0.1) is 17.3 Å². The number of carboxylic acids is 1. The molecule has 1 aliphatic rings. The first-order valence-corrected chi connectivity index (χ1v) is 11.6. The van der Waals surface area contributed by atoms with Crippen molar-refractivity contribution in [1.29, 1.82) is 0 Å². The van der Waals surface area contributed by atoms with Crippen molar-refractivity contribution < 1.29 is 34.0 Å². The lowest BCUT2D eigenvalue weighted by atomic mass is 9.83. The molecule has 1 fully saturated rings. The molecule has 0 aliphatic heterocycles. The average molecular weight is 445 g/mol. The second-order valence-corrected chi connectivity index (χ2v) is 9.50. The van der Waals surface area contributed by atoms with Crippen LogP contribution >= 0.6 is 0 Å². The summed E-state index contributed by atoms with van der Waals surface area (Å²) in [6.07, 6.45) is 10.0. The van der Waals surface area contributed by atoms with Crippen LogP contribution < -0.4 is 0 Å². The highest BCUT2D eigenvalue weighted by Gasteiger charge is 2.47. The minimum Gasteiger partial charge on any atom is -0.477 e. The third kappa shape index (κ3) is 8.99. The Morgan fingerprint density at radius 2 is 2.03 bits per heavy atom. The van der Waals surface area contributed by atoms with Gasteiger partial charge < -0.3 is 20.1 Å². The van der Waals surface area contributed by atoms with Crippen molar-refractivity contribution in [3.05, 3.63) is 12.2 Å². The summed E-state index contributed by atoms with van der Waals surface area (Å²) in [6.45, 7) is 5.67. The fraction of sp³-hybridized carbons (Fsp3) is 0.833. The van der Waals surface area contributed by atoms with Gasteiger partial charge in [0.1, 0.15) is 11.9 Å². The molecule has 0 saturated heterocycles. The van der Waals surface area contributed by atoms with Gasteiger partial charge in [-0.15, -0.1) is 0 Å². The second-order valence-electron chi connectivity index (χ2n) is 9.50. The van der Waals surface area contributed by atoms with Crippen molar-refractivity contribution in [1.82, 2.24) is 0 Å². The molecule has 2 unspecified atom stereocenters. The molecule has 0 aromatic rings. The zero-order chi connectivity index (χ0) is 23.5. The van der Waals surface area contributed by atoms with Gasteiger partial charge in [-0.3, -0.25) is 4.79 Å². The van der Waals surface area contributed by atoms with Crippen LogP contribution in [-0.2, 0) is 14.3 Å². The molecule has 180 valence electrons. The number of aliphatic hydroxyl groups is 2. The van der Waals surface area contributed by atoms with E-state index in [1.807, 2.05) is 0 Å². The number of ether oxygens (including phenoxy) is 1. The SMILES string of the molecule is CCCCC(C)(C)CC=C[C@H]1CCC(=O)[C@@H]1CCCCC(O)C(F)(OCCO)C(=O)O. The summed E-state index contributed by atoms with van der Waals surface area (Å²) in [5, 5.41) is 27.7. The number of unbranched alkanes of at least 4 members (excludes halogenated alkanes) is 2. The van der Waals surface area contributed by atoms with Gasteiger partial charge in [-0.25, -0.2) is 4.79 Å². The molecule has 0 aromatic carbocycles. The maximum Gasteiger partial charge on any atom is 0.372 e. The number of aliphatic hydroxyl groups excluding tert-OH is 2. The van der Waals surface area contributed by atoms with E-state index in [1.54, 1.807) is 0 Å². The lowest BCUT2D eigenvalue weighted by Gasteiger charge is -2.26. The van der Waals surface area contributed by atoms with Gasteiger partial charge in [0, 0.05) is 12.3 Å². The van der Waals surface area contributed by atoms with Crippen LogP contribution in [0.5, 0.6) is 0 Å². The van der Waals surface area contributed by atoms with E-state index in [-0.39, 0.29) is 29.5 Å². The number of allylic oxidation sites excluding steroid dienone is 2. The van der Waals surface area contributed by atoms with Gasteiger partial charge in [-0.1, -0.05) is 58.6 Å². The molecule has 0 bridgehead atoms. The van der Waals surface area contributed by atoms with Crippen molar-refractivity contribution in [2.45, 2.75) is 96.9 Å². The van der Waals surface area contributed by atoms with Gasteiger partial charge in [0.25, 0.3) is 0 Å². The molecule has 0 spiro atoms. The number of rotatable bonds is 16. The molecule has 0 radical (unpaired) electrons. The number of Topliss-reactive ketones (excluding diaryl/α,β-unsaturated/α-hetero) is 1. The number of hydrogen-bond acceptors (Lipinski definition) is 5. The minimum atomic E-state index is -3.23. The molecule has 0 heterocycles. The first-order valence-electron chi connectivity index (χ1n) is 11.6. The van der Waals surface area contributed by atoms with Gasteiger partial charge in [0.05, 0.1) is 13.2 Å². The zero-order valence-electron chi connectivity index (χ0n) is 19.3. The van der Waals surface area contributed by atoms with Gasteiger partial charge in [0.2, 0.25) is 0 Å². The first-order chi connectivity index (χ1) is 14.6. The van der Waals surface area contributed by atoms with Crippen molar-refractivity contribution in [3.8, 4) is 0 Å². The molecule has 1 rings (SSSR count). The van der Waals surface area contributed by atoms with Crippen LogP contribution in [0.3, 0.4) is 0 Å². The van der Waals surface area contributed by atoms with E-state index < -0.39 is 31.1 Å². The summed E-state index contributed by atoms with van der Waals surface area (Å²) in [6, 6.07) is 0. The molecule has 6 nitrogen and oxygen atoms in total. The molecule has 31 heavy (non-hydrogen) atoms. The predicted octanol–water partition coefficient (Wildman–Crippen LogP) is 4.43. The van der Waals surface area contributed by atoms with Gasteiger partial charge >= 0.3 is 11.8 Å². The standard InChI is InChI=1S/C24H41FO6/c1-4-5-14-23(2,3)15-8-9-18-12-13-20(27)19(18)10-6-7-11-21(28)24(25,22(29)30)31-17-16-26/h8-9,18-19,21,26,28H,4-7,10-17H2,1-3H3,(H,29,30)/t18-,19+,21?,24?/m0/s1. The Kier molecular flexibility index (Phi) is 11.9. The van der Waals surface area contributed by atoms with Crippen LogP contribution in [0.1, 0.15) is 85.0 Å². The maximum absolute atomic E-state index is 14.4. The zero-order valence-corrected chi connectivity index (χ0v) is 19.3. The van der Waals surface area contributed by atoms with Crippen molar-refractivity contribution >= 4 is 11.8 Å². The largest absolute Gasteiger partial charge is 0.477 e. The Morgan fingerprint density at radius 1 is 1.32 bits per heavy atom. The van der Waals surface area contributed by atoms with E-state index in [9.17, 15) is 19.1 Å². The summed E-state index contributed by atoms with van der Waals surface area (Å²) in [5.74, 6) is -4.75. The summed E-state index contributed by atoms with van der Waals surface area (Å²) in [7, 11) is 0. The summed E-state index contributed by atoms with van der Waals surface area (Å²) in [5.41, 5.74) is 0.252. The normalized spacial score (nSPS) is 22.7. The third-order valence-corrected chi connectivity index (χ3v) is 6.28. The predicted molar refractivity (Wildman–Crippen MR) is 117 cm³/mol. The molecule has 0 amide bonds.